The molecule has 0 aliphatic heterocycles. The summed E-state index contributed by atoms with van der Waals surface area (Å²) in [6.07, 6.45) is 0. The SMILES string of the molecule is O=C(COC(=O)c1ccccc1NC(=O)c1ccccc1)c1ccc(F)c(F)c1. The molecule has 0 bridgehead atoms. The molecule has 0 saturated carbocycles. The fourth-order valence-electron chi connectivity index (χ4n) is 2.52. The molecule has 0 unspecified atom stereocenters. The lowest BCUT2D eigenvalue weighted by molar-refractivity contribution is 0.0475. The predicted molar refractivity (Wildman–Crippen MR) is 102 cm³/mol. The van der Waals surface area contributed by atoms with E-state index in [1.165, 1.54) is 12.1 Å². The molecule has 3 rings (SSSR count). The van der Waals surface area contributed by atoms with Gasteiger partial charge in [0.15, 0.2) is 24.0 Å². The highest BCUT2D eigenvalue weighted by molar-refractivity contribution is 6.08. The highest BCUT2D eigenvalue weighted by atomic mass is 19.2. The Labute approximate surface area is 164 Å². The number of para-hydroxylation sites is 1. The molecule has 5 nitrogen and oxygen atoms in total. The van der Waals surface area contributed by atoms with Gasteiger partial charge in [-0.2, -0.15) is 0 Å². The number of esters is 1. The van der Waals surface area contributed by atoms with Crippen molar-refractivity contribution in [2.75, 3.05) is 11.9 Å². The second-order valence-electron chi connectivity index (χ2n) is 5.99. The van der Waals surface area contributed by atoms with E-state index in [1.807, 2.05) is 0 Å². The van der Waals surface area contributed by atoms with Gasteiger partial charge >= 0.3 is 5.97 Å². The van der Waals surface area contributed by atoms with Crippen molar-refractivity contribution in [3.63, 3.8) is 0 Å². The molecular weight excluding hydrogens is 380 g/mol. The Morgan fingerprint density at radius 1 is 0.793 bits per heavy atom. The molecule has 0 aliphatic carbocycles. The fraction of sp³-hybridized carbons (Fsp3) is 0.0455. The number of ether oxygens (including phenoxy) is 1. The molecular formula is C22H15F2NO4. The van der Waals surface area contributed by atoms with Crippen LogP contribution in [0.3, 0.4) is 0 Å². The average Bonchev–Trinajstić information content (AvgIpc) is 2.74. The second kappa shape index (κ2) is 8.88. The third-order valence-corrected chi connectivity index (χ3v) is 4.01. The van der Waals surface area contributed by atoms with E-state index in [0.29, 0.717) is 5.56 Å². The van der Waals surface area contributed by atoms with Crippen LogP contribution in [0.2, 0.25) is 0 Å². The van der Waals surface area contributed by atoms with Crippen LogP contribution >= 0.6 is 0 Å². The number of rotatable bonds is 6. The smallest absolute Gasteiger partial charge is 0.340 e. The lowest BCUT2D eigenvalue weighted by Gasteiger charge is -2.11. The molecule has 3 aromatic rings. The number of carbonyl (C=O) groups excluding carboxylic acids is 3. The third kappa shape index (κ3) is 4.90. The summed E-state index contributed by atoms with van der Waals surface area (Å²) in [6, 6.07) is 17.2. The molecule has 29 heavy (non-hydrogen) atoms. The zero-order chi connectivity index (χ0) is 20.8. The van der Waals surface area contributed by atoms with E-state index < -0.39 is 35.9 Å². The Morgan fingerprint density at radius 3 is 2.21 bits per heavy atom. The van der Waals surface area contributed by atoms with E-state index in [0.717, 1.165) is 18.2 Å². The normalized spacial score (nSPS) is 10.3. The summed E-state index contributed by atoms with van der Waals surface area (Å²) in [5.41, 5.74) is 0.549. The van der Waals surface area contributed by atoms with Gasteiger partial charge in [-0.05, 0) is 42.5 Å². The molecule has 0 heterocycles. The molecule has 0 aromatic heterocycles. The molecule has 1 amide bonds. The van der Waals surface area contributed by atoms with E-state index in [9.17, 15) is 23.2 Å². The quantitative estimate of drug-likeness (QED) is 0.500. The van der Waals surface area contributed by atoms with Crippen LogP contribution in [0.15, 0.2) is 72.8 Å². The number of hydrogen-bond acceptors (Lipinski definition) is 4. The first kappa shape index (κ1) is 19.9. The average molecular weight is 395 g/mol. The number of benzene rings is 3. The predicted octanol–water partition coefficient (Wildman–Crippen LogP) is 4.26. The van der Waals surface area contributed by atoms with Crippen LogP contribution in [0.25, 0.3) is 0 Å². The number of carbonyl (C=O) groups is 3. The molecule has 146 valence electrons. The van der Waals surface area contributed by atoms with Gasteiger partial charge in [0.2, 0.25) is 0 Å². The zero-order valence-electron chi connectivity index (χ0n) is 15.0. The van der Waals surface area contributed by atoms with E-state index in [2.05, 4.69) is 5.32 Å². The Hall–Kier alpha value is -3.87. The Bertz CT molecular complexity index is 1070. The third-order valence-electron chi connectivity index (χ3n) is 4.01. The van der Waals surface area contributed by atoms with Crippen molar-refractivity contribution < 1.29 is 27.9 Å². The fourth-order valence-corrected chi connectivity index (χ4v) is 2.52. The van der Waals surface area contributed by atoms with Gasteiger partial charge in [-0.1, -0.05) is 30.3 Å². The summed E-state index contributed by atoms with van der Waals surface area (Å²) in [7, 11) is 0. The minimum absolute atomic E-state index is 0.0508. The minimum atomic E-state index is -1.17. The summed E-state index contributed by atoms with van der Waals surface area (Å²) in [5, 5.41) is 2.62. The first-order chi connectivity index (χ1) is 14.0. The molecule has 7 heteroatoms. The van der Waals surface area contributed by atoms with Gasteiger partial charge in [0.25, 0.3) is 5.91 Å². The van der Waals surface area contributed by atoms with E-state index in [1.54, 1.807) is 42.5 Å². The van der Waals surface area contributed by atoms with Crippen LogP contribution in [-0.4, -0.2) is 24.3 Å². The van der Waals surface area contributed by atoms with Gasteiger partial charge in [-0.25, -0.2) is 13.6 Å². The summed E-state index contributed by atoms with van der Waals surface area (Å²) >= 11 is 0. The lowest BCUT2D eigenvalue weighted by Crippen LogP contribution is -2.18. The number of ketones is 1. The maximum atomic E-state index is 13.2. The number of hydrogen-bond donors (Lipinski definition) is 1. The second-order valence-corrected chi connectivity index (χ2v) is 5.99. The maximum Gasteiger partial charge on any atom is 0.340 e. The lowest BCUT2D eigenvalue weighted by atomic mass is 10.1. The number of nitrogens with one attached hydrogen (secondary N) is 1. The monoisotopic (exact) mass is 395 g/mol. The van der Waals surface area contributed by atoms with Crippen LogP contribution < -0.4 is 5.32 Å². The van der Waals surface area contributed by atoms with Crippen LogP contribution in [0.4, 0.5) is 14.5 Å². The van der Waals surface area contributed by atoms with Crippen molar-refractivity contribution in [2.45, 2.75) is 0 Å². The van der Waals surface area contributed by atoms with E-state index in [4.69, 9.17) is 4.74 Å². The van der Waals surface area contributed by atoms with Crippen LogP contribution in [0, 0.1) is 11.6 Å². The summed E-state index contributed by atoms with van der Waals surface area (Å²) < 4.78 is 31.2. The summed E-state index contributed by atoms with van der Waals surface area (Å²) in [4.78, 5) is 36.8. The van der Waals surface area contributed by atoms with Crippen molar-refractivity contribution in [3.05, 3.63) is 101 Å². The van der Waals surface area contributed by atoms with E-state index >= 15 is 0 Å². The number of Topliss-reactive ketones (excluding diaryl/α,β-unsaturated/α-hetero) is 1. The van der Waals surface area contributed by atoms with E-state index in [-0.39, 0.29) is 16.8 Å². The standard InChI is InChI=1S/C22H15F2NO4/c23-17-11-10-15(12-18(17)24)20(26)13-29-22(28)16-8-4-5-9-19(16)25-21(27)14-6-2-1-3-7-14/h1-12H,13H2,(H,25,27). The Kier molecular flexibility index (Phi) is 6.09. The minimum Gasteiger partial charge on any atom is -0.454 e. The van der Waals surface area contributed by atoms with Gasteiger partial charge < -0.3 is 10.1 Å². The molecule has 0 radical (unpaired) electrons. The molecule has 0 saturated heterocycles. The molecule has 1 N–H and O–H groups in total. The first-order valence-electron chi connectivity index (χ1n) is 8.56. The van der Waals surface area contributed by atoms with Crippen LogP contribution in [0.1, 0.15) is 31.1 Å². The Balaban J connectivity index is 1.69. The number of amides is 1. The van der Waals surface area contributed by atoms with Crippen LogP contribution in [0.5, 0.6) is 0 Å². The molecule has 0 atom stereocenters. The topological polar surface area (TPSA) is 72.5 Å². The van der Waals surface area contributed by atoms with Crippen molar-refractivity contribution in [1.82, 2.24) is 0 Å². The molecule has 0 aliphatic rings. The summed E-state index contributed by atoms with van der Waals surface area (Å²) in [6.45, 7) is -0.662. The highest BCUT2D eigenvalue weighted by Gasteiger charge is 2.17. The van der Waals surface area contributed by atoms with Crippen LogP contribution in [-0.2, 0) is 4.74 Å². The molecule has 0 fully saturated rings. The maximum absolute atomic E-state index is 13.2. The van der Waals surface area contributed by atoms with Gasteiger partial charge in [-0.3, -0.25) is 9.59 Å². The zero-order valence-corrected chi connectivity index (χ0v) is 15.0. The first-order valence-corrected chi connectivity index (χ1v) is 8.56. The van der Waals surface area contributed by atoms with Gasteiger partial charge in [0.05, 0.1) is 11.3 Å². The van der Waals surface area contributed by atoms with Gasteiger partial charge in [0, 0.05) is 11.1 Å². The number of halogens is 2. The summed E-state index contributed by atoms with van der Waals surface area (Å²) in [5.74, 6) is -4.20. The van der Waals surface area contributed by atoms with Crippen molar-refractivity contribution in [2.24, 2.45) is 0 Å². The van der Waals surface area contributed by atoms with Gasteiger partial charge in [-0.15, -0.1) is 0 Å². The number of anilines is 1. The van der Waals surface area contributed by atoms with Gasteiger partial charge in [0.1, 0.15) is 0 Å². The van der Waals surface area contributed by atoms with Crippen molar-refractivity contribution >= 4 is 23.3 Å². The largest absolute Gasteiger partial charge is 0.454 e. The highest BCUT2D eigenvalue weighted by Crippen LogP contribution is 2.18. The molecule has 0 spiro atoms. The van der Waals surface area contributed by atoms with Crippen molar-refractivity contribution in [1.29, 1.82) is 0 Å². The Morgan fingerprint density at radius 2 is 1.48 bits per heavy atom. The molecule has 3 aromatic carbocycles. The van der Waals surface area contributed by atoms with Crippen molar-refractivity contribution in [3.8, 4) is 0 Å².